The number of hydrogen-bond donors (Lipinski definition) is 0. The van der Waals surface area contributed by atoms with Crippen molar-refractivity contribution in [3.05, 3.63) is 23.8 Å². The number of methoxy groups -OCH3 is 1. The van der Waals surface area contributed by atoms with Crippen molar-refractivity contribution in [3.8, 4) is 0 Å². The van der Waals surface area contributed by atoms with E-state index in [-0.39, 0.29) is 6.04 Å². The first-order valence-corrected chi connectivity index (χ1v) is 7.94. The molecule has 1 amide bonds. The molecule has 6 nitrogen and oxygen atoms in total. The SMILES string of the molecule is COC(=O)C(=O)N1CC(C)CCC1c1ccc2nsnc2c1. The number of esters is 1. The number of likely N-dealkylation sites (tertiary alicyclic amines) is 1. The highest BCUT2D eigenvalue weighted by Crippen LogP contribution is 2.34. The van der Waals surface area contributed by atoms with Gasteiger partial charge in [0, 0.05) is 6.54 Å². The molecule has 2 heterocycles. The number of carbonyl (C=O) groups excluding carboxylic acids is 2. The zero-order valence-electron chi connectivity index (χ0n) is 12.5. The van der Waals surface area contributed by atoms with Gasteiger partial charge in [0.25, 0.3) is 0 Å². The molecule has 3 rings (SSSR count). The second-order valence-corrected chi connectivity index (χ2v) is 6.19. The van der Waals surface area contributed by atoms with E-state index >= 15 is 0 Å². The van der Waals surface area contributed by atoms with E-state index in [0.29, 0.717) is 12.5 Å². The summed E-state index contributed by atoms with van der Waals surface area (Å²) in [5.41, 5.74) is 2.67. The zero-order valence-corrected chi connectivity index (χ0v) is 13.3. The summed E-state index contributed by atoms with van der Waals surface area (Å²) in [4.78, 5) is 25.6. The molecule has 0 aliphatic carbocycles. The second-order valence-electron chi connectivity index (χ2n) is 5.66. The molecule has 1 aliphatic rings. The van der Waals surface area contributed by atoms with Gasteiger partial charge in [0.1, 0.15) is 11.0 Å². The van der Waals surface area contributed by atoms with Gasteiger partial charge >= 0.3 is 11.9 Å². The molecule has 22 heavy (non-hydrogen) atoms. The molecule has 2 unspecified atom stereocenters. The van der Waals surface area contributed by atoms with Crippen LogP contribution >= 0.6 is 11.7 Å². The van der Waals surface area contributed by atoms with E-state index in [0.717, 1.165) is 29.4 Å². The zero-order chi connectivity index (χ0) is 15.7. The van der Waals surface area contributed by atoms with Crippen molar-refractivity contribution in [2.24, 2.45) is 5.92 Å². The van der Waals surface area contributed by atoms with Crippen LogP contribution in [-0.2, 0) is 14.3 Å². The normalized spacial score (nSPS) is 21.8. The fourth-order valence-electron chi connectivity index (χ4n) is 2.93. The number of aromatic nitrogens is 2. The molecule has 0 N–H and O–H groups in total. The van der Waals surface area contributed by atoms with Crippen molar-refractivity contribution < 1.29 is 14.3 Å². The molecular weight excluding hydrogens is 302 g/mol. The van der Waals surface area contributed by atoms with Gasteiger partial charge in [-0.1, -0.05) is 13.0 Å². The van der Waals surface area contributed by atoms with Crippen LogP contribution in [0.1, 0.15) is 31.4 Å². The van der Waals surface area contributed by atoms with Gasteiger partial charge in [-0.2, -0.15) is 8.75 Å². The van der Waals surface area contributed by atoms with Gasteiger partial charge in [-0.25, -0.2) is 4.79 Å². The number of carbonyl (C=O) groups is 2. The highest BCUT2D eigenvalue weighted by Gasteiger charge is 2.34. The van der Waals surface area contributed by atoms with Crippen molar-refractivity contribution >= 4 is 34.6 Å². The minimum atomic E-state index is -0.810. The predicted molar refractivity (Wildman–Crippen MR) is 82.3 cm³/mol. The smallest absolute Gasteiger partial charge is 0.396 e. The summed E-state index contributed by atoms with van der Waals surface area (Å²) in [7, 11) is 1.23. The Morgan fingerprint density at radius 2 is 2.05 bits per heavy atom. The lowest BCUT2D eigenvalue weighted by Gasteiger charge is -2.38. The summed E-state index contributed by atoms with van der Waals surface area (Å²) in [6.45, 7) is 2.65. The van der Waals surface area contributed by atoms with Crippen molar-refractivity contribution in [2.45, 2.75) is 25.8 Å². The summed E-state index contributed by atoms with van der Waals surface area (Å²) >= 11 is 1.17. The third-order valence-electron chi connectivity index (χ3n) is 4.10. The van der Waals surface area contributed by atoms with Crippen LogP contribution in [0.15, 0.2) is 18.2 Å². The Balaban J connectivity index is 1.94. The van der Waals surface area contributed by atoms with Crippen molar-refractivity contribution in [1.29, 1.82) is 0 Å². The Morgan fingerprint density at radius 1 is 1.27 bits per heavy atom. The van der Waals surface area contributed by atoms with Gasteiger partial charge in [-0.3, -0.25) is 4.79 Å². The first-order chi connectivity index (χ1) is 10.6. The molecule has 2 atom stereocenters. The molecular formula is C15H17N3O3S. The Morgan fingerprint density at radius 3 is 2.82 bits per heavy atom. The van der Waals surface area contributed by atoms with E-state index in [9.17, 15) is 9.59 Å². The Labute approximate surface area is 132 Å². The molecule has 1 aliphatic heterocycles. The number of hydrogen-bond acceptors (Lipinski definition) is 6. The molecule has 2 aromatic rings. The maximum absolute atomic E-state index is 12.3. The molecule has 1 saturated heterocycles. The summed E-state index contributed by atoms with van der Waals surface area (Å²) < 4.78 is 13.0. The predicted octanol–water partition coefficient (Wildman–Crippen LogP) is 2.16. The Kier molecular flexibility index (Phi) is 4.06. The average molecular weight is 319 g/mol. The van der Waals surface area contributed by atoms with Crippen LogP contribution in [0, 0.1) is 5.92 Å². The monoisotopic (exact) mass is 319 g/mol. The maximum atomic E-state index is 12.3. The van der Waals surface area contributed by atoms with E-state index < -0.39 is 11.9 Å². The van der Waals surface area contributed by atoms with Gasteiger partial charge in [-0.15, -0.1) is 0 Å². The summed E-state index contributed by atoms with van der Waals surface area (Å²) in [5, 5.41) is 0. The number of benzene rings is 1. The number of rotatable bonds is 1. The van der Waals surface area contributed by atoms with E-state index in [1.165, 1.54) is 18.8 Å². The standard InChI is InChI=1S/C15H17N3O3S/c1-9-3-6-13(18(8-9)14(19)15(20)21-2)10-4-5-11-12(7-10)17-22-16-11/h4-5,7,9,13H,3,6,8H2,1-2H3. The van der Waals surface area contributed by atoms with Gasteiger partial charge in [0.05, 0.1) is 24.9 Å². The van der Waals surface area contributed by atoms with Gasteiger partial charge in [0.2, 0.25) is 0 Å². The van der Waals surface area contributed by atoms with Crippen LogP contribution in [0.2, 0.25) is 0 Å². The number of piperidine rings is 1. The number of amides is 1. The first kappa shape index (κ1) is 14.9. The minimum Gasteiger partial charge on any atom is -0.462 e. The van der Waals surface area contributed by atoms with Crippen LogP contribution in [-0.4, -0.2) is 39.2 Å². The van der Waals surface area contributed by atoms with Crippen molar-refractivity contribution in [1.82, 2.24) is 13.6 Å². The van der Waals surface area contributed by atoms with Crippen LogP contribution < -0.4 is 0 Å². The minimum absolute atomic E-state index is 0.117. The van der Waals surface area contributed by atoms with Crippen molar-refractivity contribution in [3.63, 3.8) is 0 Å². The molecule has 1 fully saturated rings. The van der Waals surface area contributed by atoms with E-state index in [2.05, 4.69) is 20.4 Å². The summed E-state index contributed by atoms with van der Waals surface area (Å²) in [6, 6.07) is 5.71. The molecule has 0 spiro atoms. The van der Waals surface area contributed by atoms with Gasteiger partial charge in [0.15, 0.2) is 0 Å². The third kappa shape index (κ3) is 2.68. The molecule has 1 aromatic carbocycles. The lowest BCUT2D eigenvalue weighted by Crippen LogP contribution is -2.45. The van der Waals surface area contributed by atoms with E-state index in [4.69, 9.17) is 0 Å². The van der Waals surface area contributed by atoms with Crippen LogP contribution in [0.25, 0.3) is 11.0 Å². The topological polar surface area (TPSA) is 72.4 Å². The van der Waals surface area contributed by atoms with E-state index in [1.807, 2.05) is 18.2 Å². The highest BCUT2D eigenvalue weighted by molar-refractivity contribution is 7.00. The van der Waals surface area contributed by atoms with E-state index in [1.54, 1.807) is 4.90 Å². The Bertz CT molecular complexity index is 715. The molecule has 7 heteroatoms. The molecule has 0 bridgehead atoms. The molecule has 0 radical (unpaired) electrons. The average Bonchev–Trinajstić information content (AvgIpc) is 3.00. The summed E-state index contributed by atoms with van der Waals surface area (Å²) in [6.07, 6.45) is 1.84. The fourth-order valence-corrected chi connectivity index (χ4v) is 3.45. The third-order valence-corrected chi connectivity index (χ3v) is 4.66. The molecule has 0 saturated carbocycles. The fraction of sp³-hybridized carbons (Fsp3) is 0.467. The number of nitrogens with zero attached hydrogens (tertiary/aromatic N) is 3. The highest BCUT2D eigenvalue weighted by atomic mass is 32.1. The lowest BCUT2D eigenvalue weighted by molar-refractivity contribution is -0.160. The van der Waals surface area contributed by atoms with Crippen LogP contribution in [0.5, 0.6) is 0 Å². The largest absolute Gasteiger partial charge is 0.462 e. The number of ether oxygens (including phenoxy) is 1. The van der Waals surface area contributed by atoms with Crippen LogP contribution in [0.4, 0.5) is 0 Å². The lowest BCUT2D eigenvalue weighted by atomic mass is 9.89. The van der Waals surface area contributed by atoms with Crippen molar-refractivity contribution in [2.75, 3.05) is 13.7 Å². The second kappa shape index (κ2) is 6.00. The first-order valence-electron chi connectivity index (χ1n) is 7.21. The van der Waals surface area contributed by atoms with Crippen LogP contribution in [0.3, 0.4) is 0 Å². The van der Waals surface area contributed by atoms with Gasteiger partial charge in [-0.05, 0) is 36.5 Å². The molecule has 116 valence electrons. The Hall–Kier alpha value is -2.02. The number of fused-ring (bicyclic) bond motifs is 1. The van der Waals surface area contributed by atoms with Gasteiger partial charge < -0.3 is 9.64 Å². The molecule has 1 aromatic heterocycles. The quantitative estimate of drug-likeness (QED) is 0.595. The maximum Gasteiger partial charge on any atom is 0.396 e. The summed E-state index contributed by atoms with van der Waals surface area (Å²) in [5.74, 6) is -1.01.